The van der Waals surface area contributed by atoms with Gasteiger partial charge in [0, 0.05) is 11.1 Å². The van der Waals surface area contributed by atoms with Gasteiger partial charge in [0.2, 0.25) is 0 Å². The highest BCUT2D eigenvalue weighted by Gasteiger charge is 2.17. The summed E-state index contributed by atoms with van der Waals surface area (Å²) in [5.41, 5.74) is 2.09. The van der Waals surface area contributed by atoms with Crippen LogP contribution in [0, 0.1) is 19.7 Å². The lowest BCUT2D eigenvalue weighted by atomic mass is 10.0. The Balaban J connectivity index is 2.50. The van der Waals surface area contributed by atoms with Crippen LogP contribution in [0.3, 0.4) is 0 Å². The maximum absolute atomic E-state index is 13.5. The minimum absolute atomic E-state index is 0.102. The number of halogens is 3. The van der Waals surface area contributed by atoms with Gasteiger partial charge < -0.3 is 0 Å². The molecule has 0 aliphatic rings. The van der Waals surface area contributed by atoms with E-state index in [0.29, 0.717) is 22.3 Å². The number of carbonyl (C=O) groups excluding carboxylic acids is 1. The molecule has 0 amide bonds. The molecule has 0 saturated heterocycles. The fourth-order valence-electron chi connectivity index (χ4n) is 1.73. The van der Waals surface area contributed by atoms with E-state index in [1.54, 1.807) is 32.0 Å². The first-order chi connectivity index (χ1) is 8.40. The number of rotatable bonds is 2. The Hall–Kier alpha value is -0.520. The summed E-state index contributed by atoms with van der Waals surface area (Å²) in [7, 11) is 0. The number of carbonyl (C=O) groups is 1. The predicted molar refractivity (Wildman–Crippen MR) is 79.0 cm³/mol. The van der Waals surface area contributed by atoms with Gasteiger partial charge in [-0.05, 0) is 75.0 Å². The highest BCUT2D eigenvalue weighted by Crippen LogP contribution is 2.33. The highest BCUT2D eigenvalue weighted by molar-refractivity contribution is 9.12. The Labute approximate surface area is 125 Å². The molecule has 2 aromatic rings. The lowest BCUT2D eigenvalue weighted by Crippen LogP contribution is -2.03. The average molecular weight is 392 g/mol. The molecular weight excluding hydrogens is 383 g/mol. The Morgan fingerprint density at radius 3 is 2.17 bits per heavy atom. The molecule has 1 heterocycles. The fourth-order valence-corrected chi connectivity index (χ4v) is 4.52. The molecule has 94 valence electrons. The maximum Gasteiger partial charge on any atom is 0.195 e. The summed E-state index contributed by atoms with van der Waals surface area (Å²) in [5.74, 6) is -0.355. The lowest BCUT2D eigenvalue weighted by Gasteiger charge is -2.05. The molecule has 0 fully saturated rings. The maximum atomic E-state index is 13.5. The molecule has 1 aromatic heterocycles. The van der Waals surface area contributed by atoms with Crippen LogP contribution in [0.1, 0.15) is 27.0 Å². The average Bonchev–Trinajstić information content (AvgIpc) is 2.63. The third-order valence-corrected chi connectivity index (χ3v) is 4.94. The van der Waals surface area contributed by atoms with Crippen molar-refractivity contribution in [3.8, 4) is 0 Å². The summed E-state index contributed by atoms with van der Waals surface area (Å²) in [5, 5.41) is 0. The number of thiophene rings is 1. The van der Waals surface area contributed by atoms with Gasteiger partial charge in [0.25, 0.3) is 0 Å². The summed E-state index contributed by atoms with van der Waals surface area (Å²) in [6.45, 7) is 3.33. The normalized spacial score (nSPS) is 10.7. The van der Waals surface area contributed by atoms with Crippen LogP contribution < -0.4 is 0 Å². The monoisotopic (exact) mass is 390 g/mol. The highest BCUT2D eigenvalue weighted by atomic mass is 79.9. The number of benzene rings is 1. The molecule has 1 nitrogen and oxygen atoms in total. The van der Waals surface area contributed by atoms with Crippen LogP contribution in [0.25, 0.3) is 0 Å². The quantitative estimate of drug-likeness (QED) is 0.638. The van der Waals surface area contributed by atoms with Crippen molar-refractivity contribution in [3.63, 3.8) is 0 Å². The first-order valence-electron chi connectivity index (χ1n) is 5.16. The zero-order valence-electron chi connectivity index (χ0n) is 9.68. The van der Waals surface area contributed by atoms with E-state index in [-0.39, 0.29) is 11.6 Å². The van der Waals surface area contributed by atoms with E-state index in [1.165, 1.54) is 11.3 Å². The summed E-state index contributed by atoms with van der Waals surface area (Å²) >= 11 is 8.14. The topological polar surface area (TPSA) is 17.1 Å². The van der Waals surface area contributed by atoms with Gasteiger partial charge in [0.1, 0.15) is 5.82 Å². The largest absolute Gasteiger partial charge is 0.289 e. The molecule has 1 aromatic carbocycles. The van der Waals surface area contributed by atoms with Gasteiger partial charge >= 0.3 is 0 Å². The standard InChI is InChI=1S/C13H9Br2FOS/c1-6-3-8(4-7(2)11(6)16)12(17)9-5-10(14)18-13(9)15/h3-5H,1-2H3. The molecule has 5 heteroatoms. The third-order valence-electron chi connectivity index (χ3n) is 2.60. The Kier molecular flexibility index (Phi) is 4.04. The molecule has 2 rings (SSSR count). The van der Waals surface area contributed by atoms with Crippen molar-refractivity contribution >= 4 is 49.0 Å². The molecule has 0 unspecified atom stereocenters. The van der Waals surface area contributed by atoms with Crippen molar-refractivity contribution in [1.29, 1.82) is 0 Å². The molecule has 0 N–H and O–H groups in total. The van der Waals surface area contributed by atoms with E-state index in [0.717, 1.165) is 7.57 Å². The zero-order chi connectivity index (χ0) is 13.4. The number of hydrogen-bond donors (Lipinski definition) is 0. The van der Waals surface area contributed by atoms with E-state index in [2.05, 4.69) is 31.9 Å². The minimum atomic E-state index is -0.253. The van der Waals surface area contributed by atoms with Gasteiger partial charge in [-0.3, -0.25) is 4.79 Å². The second kappa shape index (κ2) is 5.23. The molecule has 0 spiro atoms. The molecule has 0 radical (unpaired) electrons. The Morgan fingerprint density at radius 2 is 1.72 bits per heavy atom. The Morgan fingerprint density at radius 1 is 1.17 bits per heavy atom. The van der Waals surface area contributed by atoms with Gasteiger partial charge in [-0.2, -0.15) is 0 Å². The van der Waals surface area contributed by atoms with Crippen molar-refractivity contribution in [3.05, 3.63) is 53.8 Å². The second-order valence-electron chi connectivity index (χ2n) is 3.99. The fraction of sp³-hybridized carbons (Fsp3) is 0.154. The van der Waals surface area contributed by atoms with E-state index in [1.807, 2.05) is 0 Å². The van der Waals surface area contributed by atoms with Crippen LogP contribution in [0.4, 0.5) is 4.39 Å². The van der Waals surface area contributed by atoms with Crippen molar-refractivity contribution in [2.24, 2.45) is 0 Å². The van der Waals surface area contributed by atoms with Crippen molar-refractivity contribution < 1.29 is 9.18 Å². The molecule has 0 bridgehead atoms. The first-order valence-corrected chi connectivity index (χ1v) is 7.56. The number of ketones is 1. The first kappa shape index (κ1) is 13.9. The van der Waals surface area contributed by atoms with Gasteiger partial charge in [-0.25, -0.2) is 4.39 Å². The van der Waals surface area contributed by atoms with Gasteiger partial charge in [-0.15, -0.1) is 11.3 Å². The van der Waals surface area contributed by atoms with Crippen LogP contribution >= 0.6 is 43.2 Å². The van der Waals surface area contributed by atoms with Gasteiger partial charge in [0.05, 0.1) is 7.57 Å². The van der Waals surface area contributed by atoms with Crippen molar-refractivity contribution in [2.75, 3.05) is 0 Å². The summed E-state index contributed by atoms with van der Waals surface area (Å²) in [6.07, 6.45) is 0. The molecule has 0 aliphatic heterocycles. The van der Waals surface area contributed by atoms with Crippen LogP contribution in [0.15, 0.2) is 25.8 Å². The van der Waals surface area contributed by atoms with Crippen LogP contribution in [0.5, 0.6) is 0 Å². The molecule has 0 atom stereocenters. The lowest BCUT2D eigenvalue weighted by molar-refractivity contribution is 0.103. The smallest absolute Gasteiger partial charge is 0.195 e. The van der Waals surface area contributed by atoms with Gasteiger partial charge in [0.15, 0.2) is 5.78 Å². The third kappa shape index (κ3) is 2.58. The number of aryl methyl sites for hydroxylation is 2. The molecule has 0 saturated carbocycles. The molecular formula is C13H9Br2FOS. The predicted octanol–water partition coefficient (Wildman–Crippen LogP) is 5.26. The van der Waals surface area contributed by atoms with E-state index in [9.17, 15) is 9.18 Å². The summed E-state index contributed by atoms with van der Waals surface area (Å²) < 4.78 is 15.2. The van der Waals surface area contributed by atoms with Crippen molar-refractivity contribution in [1.82, 2.24) is 0 Å². The number of hydrogen-bond acceptors (Lipinski definition) is 2. The van der Waals surface area contributed by atoms with E-state index >= 15 is 0 Å². The Bertz CT molecular complexity index is 611. The van der Waals surface area contributed by atoms with Crippen molar-refractivity contribution in [2.45, 2.75) is 13.8 Å². The minimum Gasteiger partial charge on any atom is -0.289 e. The van der Waals surface area contributed by atoms with Crippen LogP contribution in [0.2, 0.25) is 0 Å². The molecule has 0 aliphatic carbocycles. The zero-order valence-corrected chi connectivity index (χ0v) is 13.7. The van der Waals surface area contributed by atoms with Crippen LogP contribution in [-0.4, -0.2) is 5.78 Å². The molecule has 18 heavy (non-hydrogen) atoms. The second-order valence-corrected chi connectivity index (χ2v) is 7.74. The van der Waals surface area contributed by atoms with E-state index in [4.69, 9.17) is 0 Å². The van der Waals surface area contributed by atoms with Crippen LogP contribution in [-0.2, 0) is 0 Å². The SMILES string of the molecule is Cc1cc(C(=O)c2cc(Br)sc2Br)cc(C)c1F. The van der Waals surface area contributed by atoms with E-state index < -0.39 is 0 Å². The summed E-state index contributed by atoms with van der Waals surface area (Å²) in [6, 6.07) is 4.94. The van der Waals surface area contributed by atoms with Gasteiger partial charge in [-0.1, -0.05) is 0 Å². The summed E-state index contributed by atoms with van der Waals surface area (Å²) in [4.78, 5) is 12.3.